The monoisotopic (exact) mass is 184 g/mol. The summed E-state index contributed by atoms with van der Waals surface area (Å²) in [6.07, 6.45) is 2.85. The van der Waals surface area contributed by atoms with Crippen LogP contribution in [0.1, 0.15) is 33.1 Å². The van der Waals surface area contributed by atoms with Gasteiger partial charge in [-0.25, -0.2) is 0 Å². The lowest BCUT2D eigenvalue weighted by Crippen LogP contribution is -2.52. The standard InChI is InChI=1S/C10H20N2O/c1-3-4-5-10(13)12-7-6-11-8-9(12)2/h9,11H,3-8H2,1-2H3. The molecular formula is C10H20N2O. The number of nitrogens with zero attached hydrogens (tertiary/aromatic N) is 1. The van der Waals surface area contributed by atoms with Crippen LogP contribution in [-0.4, -0.2) is 36.5 Å². The van der Waals surface area contributed by atoms with Gasteiger partial charge in [0.2, 0.25) is 5.91 Å². The van der Waals surface area contributed by atoms with Gasteiger partial charge in [0, 0.05) is 32.1 Å². The minimum absolute atomic E-state index is 0.329. The Morgan fingerprint density at radius 1 is 1.62 bits per heavy atom. The van der Waals surface area contributed by atoms with E-state index in [1.807, 2.05) is 4.90 Å². The molecule has 1 saturated heterocycles. The third-order valence-electron chi connectivity index (χ3n) is 2.57. The van der Waals surface area contributed by atoms with E-state index in [1.165, 1.54) is 0 Å². The molecule has 13 heavy (non-hydrogen) atoms. The molecule has 76 valence electrons. The first-order valence-corrected chi connectivity index (χ1v) is 5.26. The van der Waals surface area contributed by atoms with Crippen molar-refractivity contribution < 1.29 is 4.79 Å². The second-order valence-electron chi connectivity index (χ2n) is 3.74. The zero-order chi connectivity index (χ0) is 9.68. The first-order chi connectivity index (χ1) is 6.25. The molecule has 1 atom stereocenters. The summed E-state index contributed by atoms with van der Waals surface area (Å²) in [7, 11) is 0. The van der Waals surface area contributed by atoms with Crippen LogP contribution in [-0.2, 0) is 4.79 Å². The lowest BCUT2D eigenvalue weighted by molar-refractivity contribution is -0.134. The smallest absolute Gasteiger partial charge is 0.222 e. The van der Waals surface area contributed by atoms with Crippen molar-refractivity contribution in [1.82, 2.24) is 10.2 Å². The van der Waals surface area contributed by atoms with Crippen LogP contribution < -0.4 is 5.32 Å². The third-order valence-corrected chi connectivity index (χ3v) is 2.57. The molecule has 1 rings (SSSR count). The van der Waals surface area contributed by atoms with Crippen molar-refractivity contribution in [2.45, 2.75) is 39.2 Å². The van der Waals surface area contributed by atoms with Crippen molar-refractivity contribution >= 4 is 5.91 Å². The summed E-state index contributed by atoms with van der Waals surface area (Å²) in [5.41, 5.74) is 0. The second kappa shape index (κ2) is 5.22. The van der Waals surface area contributed by atoms with Crippen LogP contribution in [0.25, 0.3) is 0 Å². The van der Waals surface area contributed by atoms with Crippen LogP contribution in [0.2, 0.25) is 0 Å². The maximum Gasteiger partial charge on any atom is 0.222 e. The Morgan fingerprint density at radius 3 is 3.00 bits per heavy atom. The lowest BCUT2D eigenvalue weighted by atomic mass is 10.1. The Bertz CT molecular complexity index is 170. The molecule has 0 spiro atoms. The van der Waals surface area contributed by atoms with Crippen LogP contribution in [0.4, 0.5) is 0 Å². The average molecular weight is 184 g/mol. The van der Waals surface area contributed by atoms with Gasteiger partial charge >= 0.3 is 0 Å². The minimum atomic E-state index is 0.329. The van der Waals surface area contributed by atoms with Gasteiger partial charge in [-0.2, -0.15) is 0 Å². The molecule has 0 bridgehead atoms. The van der Waals surface area contributed by atoms with Crippen LogP contribution >= 0.6 is 0 Å². The van der Waals surface area contributed by atoms with E-state index < -0.39 is 0 Å². The first-order valence-electron chi connectivity index (χ1n) is 5.26. The van der Waals surface area contributed by atoms with Crippen molar-refractivity contribution in [2.75, 3.05) is 19.6 Å². The van der Waals surface area contributed by atoms with Gasteiger partial charge in [-0.15, -0.1) is 0 Å². The molecule has 3 heteroatoms. The number of amides is 1. The summed E-state index contributed by atoms with van der Waals surface area (Å²) >= 11 is 0. The Morgan fingerprint density at radius 2 is 2.38 bits per heavy atom. The fraction of sp³-hybridized carbons (Fsp3) is 0.900. The van der Waals surface area contributed by atoms with Gasteiger partial charge in [-0.3, -0.25) is 4.79 Å². The third kappa shape index (κ3) is 2.99. The highest BCUT2D eigenvalue weighted by molar-refractivity contribution is 5.76. The Hall–Kier alpha value is -0.570. The van der Waals surface area contributed by atoms with Gasteiger partial charge in [-0.05, 0) is 13.3 Å². The van der Waals surface area contributed by atoms with Gasteiger partial charge in [0.25, 0.3) is 0 Å². The summed E-state index contributed by atoms with van der Waals surface area (Å²) < 4.78 is 0. The maximum atomic E-state index is 11.7. The quantitative estimate of drug-likeness (QED) is 0.709. The van der Waals surface area contributed by atoms with Gasteiger partial charge < -0.3 is 10.2 Å². The largest absolute Gasteiger partial charge is 0.337 e. The van der Waals surface area contributed by atoms with Crippen molar-refractivity contribution in [1.29, 1.82) is 0 Å². The molecule has 0 aromatic heterocycles. The number of hydrogen-bond acceptors (Lipinski definition) is 2. The van der Waals surface area contributed by atoms with Crippen molar-refractivity contribution in [2.24, 2.45) is 0 Å². The summed E-state index contributed by atoms with van der Waals surface area (Å²) in [5.74, 6) is 0.329. The molecule has 0 aromatic carbocycles. The Labute approximate surface area is 80.5 Å². The van der Waals surface area contributed by atoms with Gasteiger partial charge in [0.15, 0.2) is 0 Å². The van der Waals surface area contributed by atoms with E-state index in [1.54, 1.807) is 0 Å². The van der Waals surface area contributed by atoms with E-state index in [9.17, 15) is 4.79 Å². The molecule has 1 aliphatic heterocycles. The van der Waals surface area contributed by atoms with Gasteiger partial charge in [0.1, 0.15) is 0 Å². The highest BCUT2D eigenvalue weighted by Crippen LogP contribution is 2.07. The topological polar surface area (TPSA) is 32.3 Å². The number of piperazine rings is 1. The van der Waals surface area contributed by atoms with E-state index in [4.69, 9.17) is 0 Å². The molecule has 1 N–H and O–H groups in total. The highest BCUT2D eigenvalue weighted by atomic mass is 16.2. The summed E-state index contributed by atoms with van der Waals surface area (Å²) in [6, 6.07) is 0.373. The van der Waals surface area contributed by atoms with Crippen molar-refractivity contribution in [3.05, 3.63) is 0 Å². The van der Waals surface area contributed by atoms with E-state index in [-0.39, 0.29) is 0 Å². The molecule has 0 radical (unpaired) electrons. The second-order valence-corrected chi connectivity index (χ2v) is 3.74. The van der Waals surface area contributed by atoms with Crippen molar-refractivity contribution in [3.8, 4) is 0 Å². The average Bonchev–Trinajstić information content (AvgIpc) is 2.15. The molecule has 1 fully saturated rings. The number of rotatable bonds is 3. The molecule has 1 aliphatic rings. The highest BCUT2D eigenvalue weighted by Gasteiger charge is 2.21. The zero-order valence-corrected chi connectivity index (χ0v) is 8.68. The van der Waals surface area contributed by atoms with Gasteiger partial charge in [-0.1, -0.05) is 13.3 Å². The normalized spacial score (nSPS) is 23.2. The predicted molar refractivity (Wildman–Crippen MR) is 53.6 cm³/mol. The van der Waals surface area contributed by atoms with Crippen molar-refractivity contribution in [3.63, 3.8) is 0 Å². The molecule has 1 amide bonds. The molecule has 0 aliphatic carbocycles. The van der Waals surface area contributed by atoms with Crippen LogP contribution in [0.15, 0.2) is 0 Å². The summed E-state index contributed by atoms with van der Waals surface area (Å²) in [6.45, 7) is 6.99. The summed E-state index contributed by atoms with van der Waals surface area (Å²) in [4.78, 5) is 13.7. The van der Waals surface area contributed by atoms with Gasteiger partial charge in [0.05, 0.1) is 0 Å². The summed E-state index contributed by atoms with van der Waals surface area (Å²) in [5, 5.41) is 3.28. The number of nitrogens with one attached hydrogen (secondary N) is 1. The van der Waals surface area contributed by atoms with E-state index in [0.29, 0.717) is 11.9 Å². The van der Waals surface area contributed by atoms with E-state index in [2.05, 4.69) is 19.2 Å². The fourth-order valence-electron chi connectivity index (χ4n) is 1.68. The van der Waals surface area contributed by atoms with Crippen LogP contribution in [0.5, 0.6) is 0 Å². The minimum Gasteiger partial charge on any atom is -0.337 e. The Balaban J connectivity index is 2.35. The molecule has 0 saturated carbocycles. The molecule has 3 nitrogen and oxygen atoms in total. The van der Waals surface area contributed by atoms with Crippen LogP contribution in [0.3, 0.4) is 0 Å². The Kier molecular flexibility index (Phi) is 4.22. The molecular weight excluding hydrogens is 164 g/mol. The maximum absolute atomic E-state index is 11.7. The SMILES string of the molecule is CCCCC(=O)N1CCNCC1C. The van der Waals surface area contributed by atoms with E-state index in [0.717, 1.165) is 38.9 Å². The predicted octanol–water partition coefficient (Wildman–Crippen LogP) is 0.997. The molecule has 1 unspecified atom stereocenters. The number of unbranched alkanes of at least 4 members (excludes halogenated alkanes) is 1. The lowest BCUT2D eigenvalue weighted by Gasteiger charge is -2.34. The first kappa shape index (κ1) is 10.5. The zero-order valence-electron chi connectivity index (χ0n) is 8.68. The number of carbonyl (C=O) groups excluding carboxylic acids is 1. The number of hydrogen-bond donors (Lipinski definition) is 1. The molecule has 1 heterocycles. The molecule has 0 aromatic rings. The van der Waals surface area contributed by atoms with Crippen LogP contribution in [0, 0.1) is 0 Å². The van der Waals surface area contributed by atoms with E-state index >= 15 is 0 Å². The fourth-order valence-corrected chi connectivity index (χ4v) is 1.68. The number of carbonyl (C=O) groups is 1.